The molecule has 0 saturated carbocycles. The minimum atomic E-state index is -0.985. The molecule has 2 atom stereocenters. The maximum atomic E-state index is 12.7. The topological polar surface area (TPSA) is 94.6 Å². The van der Waals surface area contributed by atoms with E-state index in [4.69, 9.17) is 18.9 Å². The molecule has 0 radical (unpaired) electrons. The Bertz CT molecular complexity index is 1310. The monoisotopic (exact) mass is 526 g/mol. The zero-order valence-electron chi connectivity index (χ0n) is 21.3. The number of aliphatic hydroxyl groups excluding tert-OH is 1. The second-order valence-corrected chi connectivity index (χ2v) is 8.70. The third kappa shape index (κ3) is 9.10. The SMILES string of the molecule is O=C(OCC(O)COc1ccccc1)c1ccccc1C(=O)c1ccccc1.c1ccc(OCC2CO2)cc1. The van der Waals surface area contributed by atoms with Crippen LogP contribution in [0.3, 0.4) is 0 Å². The minimum absolute atomic E-state index is 0.0120. The molecule has 5 rings (SSSR count). The first-order valence-corrected chi connectivity index (χ1v) is 12.6. The Hall–Kier alpha value is -4.46. The predicted molar refractivity (Wildman–Crippen MR) is 146 cm³/mol. The smallest absolute Gasteiger partial charge is 0.338 e. The number of rotatable bonds is 11. The Kier molecular flexibility index (Phi) is 10.2. The predicted octanol–water partition coefficient (Wildman–Crippen LogP) is 4.98. The fourth-order valence-corrected chi connectivity index (χ4v) is 3.48. The van der Waals surface area contributed by atoms with Crippen molar-refractivity contribution in [1.29, 1.82) is 0 Å². The van der Waals surface area contributed by atoms with E-state index in [9.17, 15) is 14.7 Å². The molecule has 200 valence electrons. The molecule has 1 N–H and O–H groups in total. The molecule has 39 heavy (non-hydrogen) atoms. The molecule has 2 unspecified atom stereocenters. The summed E-state index contributed by atoms with van der Waals surface area (Å²) in [6.45, 7) is 1.29. The molecule has 4 aromatic carbocycles. The number of hydrogen-bond donors (Lipinski definition) is 1. The molecule has 1 aliphatic rings. The molecule has 1 aliphatic heterocycles. The third-order valence-corrected chi connectivity index (χ3v) is 5.60. The lowest BCUT2D eigenvalue weighted by Gasteiger charge is -2.14. The van der Waals surface area contributed by atoms with Crippen molar-refractivity contribution in [2.45, 2.75) is 12.2 Å². The van der Waals surface area contributed by atoms with Gasteiger partial charge in [0.25, 0.3) is 0 Å². The fourth-order valence-electron chi connectivity index (χ4n) is 3.48. The van der Waals surface area contributed by atoms with Crippen LogP contribution < -0.4 is 9.47 Å². The Morgan fingerprint density at radius 3 is 1.82 bits per heavy atom. The van der Waals surface area contributed by atoms with Crippen LogP contribution in [0.5, 0.6) is 11.5 Å². The molecule has 0 spiro atoms. The number of aliphatic hydroxyl groups is 1. The van der Waals surface area contributed by atoms with Crippen LogP contribution in [-0.4, -0.2) is 55.5 Å². The van der Waals surface area contributed by atoms with Gasteiger partial charge >= 0.3 is 5.97 Å². The quantitative estimate of drug-likeness (QED) is 0.167. The number of ketones is 1. The van der Waals surface area contributed by atoms with Crippen LogP contribution in [0.2, 0.25) is 0 Å². The molecular formula is C32H30O7. The van der Waals surface area contributed by atoms with Crippen molar-refractivity contribution >= 4 is 11.8 Å². The van der Waals surface area contributed by atoms with E-state index in [1.165, 1.54) is 6.07 Å². The summed E-state index contributed by atoms with van der Waals surface area (Å²) < 4.78 is 21.0. The van der Waals surface area contributed by atoms with Crippen molar-refractivity contribution in [2.75, 3.05) is 26.4 Å². The van der Waals surface area contributed by atoms with Crippen molar-refractivity contribution in [2.24, 2.45) is 0 Å². The van der Waals surface area contributed by atoms with E-state index in [2.05, 4.69) is 0 Å². The van der Waals surface area contributed by atoms with Crippen LogP contribution in [0.15, 0.2) is 115 Å². The number of para-hydroxylation sites is 2. The second-order valence-electron chi connectivity index (χ2n) is 8.70. The highest BCUT2D eigenvalue weighted by atomic mass is 16.6. The lowest BCUT2D eigenvalue weighted by Crippen LogP contribution is -2.25. The molecule has 4 aromatic rings. The van der Waals surface area contributed by atoms with Crippen LogP contribution in [0.4, 0.5) is 0 Å². The highest BCUT2D eigenvalue weighted by Gasteiger charge is 2.23. The Labute approximate surface area is 227 Å². The van der Waals surface area contributed by atoms with Gasteiger partial charge in [0.1, 0.15) is 43.5 Å². The van der Waals surface area contributed by atoms with E-state index < -0.39 is 12.1 Å². The highest BCUT2D eigenvalue weighted by molar-refractivity contribution is 6.14. The zero-order valence-corrected chi connectivity index (χ0v) is 21.3. The molecule has 1 fully saturated rings. The summed E-state index contributed by atoms with van der Waals surface area (Å²) in [7, 11) is 0. The number of hydrogen-bond acceptors (Lipinski definition) is 7. The highest BCUT2D eigenvalue weighted by Crippen LogP contribution is 2.17. The average molecular weight is 527 g/mol. The van der Waals surface area contributed by atoms with E-state index in [1.807, 2.05) is 54.6 Å². The average Bonchev–Trinajstić information content (AvgIpc) is 3.84. The third-order valence-electron chi connectivity index (χ3n) is 5.60. The number of benzene rings is 4. The van der Waals surface area contributed by atoms with Gasteiger partial charge in [-0.3, -0.25) is 4.79 Å². The van der Waals surface area contributed by atoms with Gasteiger partial charge in [-0.15, -0.1) is 0 Å². The summed E-state index contributed by atoms with van der Waals surface area (Å²) in [5, 5.41) is 9.99. The van der Waals surface area contributed by atoms with Crippen LogP contribution >= 0.6 is 0 Å². The van der Waals surface area contributed by atoms with Gasteiger partial charge in [0, 0.05) is 11.1 Å². The van der Waals surface area contributed by atoms with Gasteiger partial charge in [0.15, 0.2) is 5.78 Å². The van der Waals surface area contributed by atoms with E-state index >= 15 is 0 Å². The Morgan fingerprint density at radius 1 is 0.718 bits per heavy atom. The molecular weight excluding hydrogens is 496 g/mol. The van der Waals surface area contributed by atoms with Crippen LogP contribution in [-0.2, 0) is 9.47 Å². The maximum absolute atomic E-state index is 12.7. The zero-order chi connectivity index (χ0) is 27.3. The molecule has 0 aromatic heterocycles. The first-order chi connectivity index (χ1) is 19.1. The van der Waals surface area contributed by atoms with Crippen molar-refractivity contribution in [1.82, 2.24) is 0 Å². The summed E-state index contributed by atoms with van der Waals surface area (Å²) >= 11 is 0. The van der Waals surface area contributed by atoms with Gasteiger partial charge in [-0.05, 0) is 30.3 Å². The van der Waals surface area contributed by atoms with Crippen molar-refractivity contribution in [3.8, 4) is 11.5 Å². The summed E-state index contributed by atoms with van der Waals surface area (Å²) in [6.07, 6.45) is -0.642. The van der Waals surface area contributed by atoms with E-state index in [0.29, 0.717) is 24.0 Å². The van der Waals surface area contributed by atoms with Crippen LogP contribution in [0.25, 0.3) is 0 Å². The molecule has 0 amide bonds. The summed E-state index contributed by atoms with van der Waals surface area (Å²) in [5.74, 6) is 0.606. The maximum Gasteiger partial charge on any atom is 0.338 e. The van der Waals surface area contributed by atoms with Gasteiger partial charge in [0.05, 0.1) is 12.2 Å². The van der Waals surface area contributed by atoms with Crippen LogP contribution in [0, 0.1) is 0 Å². The number of epoxide rings is 1. The van der Waals surface area contributed by atoms with Crippen molar-refractivity contribution in [3.05, 3.63) is 132 Å². The molecule has 0 aliphatic carbocycles. The normalized spacial score (nSPS) is 14.2. The van der Waals surface area contributed by atoms with Crippen molar-refractivity contribution < 1.29 is 33.6 Å². The number of carbonyl (C=O) groups is 2. The lowest BCUT2D eigenvalue weighted by molar-refractivity contribution is 0.0129. The Morgan fingerprint density at radius 2 is 1.23 bits per heavy atom. The summed E-state index contributed by atoms with van der Waals surface area (Å²) in [4.78, 5) is 25.1. The number of carbonyl (C=O) groups excluding carboxylic acids is 2. The van der Waals surface area contributed by atoms with E-state index in [1.54, 1.807) is 54.6 Å². The van der Waals surface area contributed by atoms with Gasteiger partial charge in [-0.2, -0.15) is 0 Å². The first kappa shape index (κ1) is 27.6. The fraction of sp³-hybridized carbons (Fsp3) is 0.188. The number of esters is 1. The molecule has 7 heteroatoms. The second kappa shape index (κ2) is 14.5. The van der Waals surface area contributed by atoms with Gasteiger partial charge in [-0.1, -0.05) is 84.9 Å². The first-order valence-electron chi connectivity index (χ1n) is 12.6. The van der Waals surface area contributed by atoms with E-state index in [0.717, 1.165) is 12.4 Å². The molecule has 0 bridgehead atoms. The molecule has 7 nitrogen and oxygen atoms in total. The van der Waals surface area contributed by atoms with Crippen LogP contribution in [0.1, 0.15) is 26.3 Å². The molecule has 1 heterocycles. The largest absolute Gasteiger partial charge is 0.491 e. The standard InChI is InChI=1S/C23H20O5.C9H10O2/c24-18(15-27-19-11-5-2-6-12-19)16-28-23(26)21-14-8-7-13-20(21)22(25)17-9-3-1-4-10-17;1-2-4-8(5-3-1)10-6-9-7-11-9/h1-14,18,24H,15-16H2;1-5,9H,6-7H2. The molecule has 1 saturated heterocycles. The summed E-state index contributed by atoms with van der Waals surface area (Å²) in [5.41, 5.74) is 0.903. The van der Waals surface area contributed by atoms with Gasteiger partial charge in [0.2, 0.25) is 0 Å². The number of ether oxygens (including phenoxy) is 4. The van der Waals surface area contributed by atoms with Crippen molar-refractivity contribution in [3.63, 3.8) is 0 Å². The van der Waals surface area contributed by atoms with Gasteiger partial charge < -0.3 is 24.1 Å². The van der Waals surface area contributed by atoms with Gasteiger partial charge in [-0.25, -0.2) is 4.79 Å². The minimum Gasteiger partial charge on any atom is -0.491 e. The Balaban J connectivity index is 0.000000265. The van der Waals surface area contributed by atoms with E-state index in [-0.39, 0.29) is 30.1 Å². The summed E-state index contributed by atoms with van der Waals surface area (Å²) in [6, 6.07) is 34.0. The lowest BCUT2D eigenvalue weighted by atomic mass is 9.98.